The fourth-order valence-corrected chi connectivity index (χ4v) is 10.3. The quantitative estimate of drug-likeness (QED) is 0.557. The van der Waals surface area contributed by atoms with Crippen molar-refractivity contribution in [2.45, 2.75) is 105 Å². The lowest BCUT2D eigenvalue weighted by molar-refractivity contribution is -0.151. The van der Waals surface area contributed by atoms with E-state index in [-0.39, 0.29) is 5.41 Å². The number of rotatable bonds is 5. The number of hydrogen-bond donors (Lipinski definition) is 1. The fraction of sp³-hybridized carbons (Fsp3) is 1.00. The third-order valence-corrected chi connectivity index (χ3v) is 11.7. The molecule has 1 heterocycles. The summed E-state index contributed by atoms with van der Waals surface area (Å²) in [5.74, 6) is 5.82. The van der Waals surface area contributed by atoms with Crippen molar-refractivity contribution in [2.75, 3.05) is 6.61 Å². The zero-order chi connectivity index (χ0) is 20.6. The normalized spacial score (nSPS) is 54.3. The van der Waals surface area contributed by atoms with Crippen LogP contribution in [0.15, 0.2) is 0 Å². The Morgan fingerprint density at radius 2 is 1.76 bits per heavy atom. The molecule has 1 unspecified atom stereocenters. The second kappa shape index (κ2) is 6.96. The molecule has 2 nitrogen and oxygen atoms in total. The summed E-state index contributed by atoms with van der Waals surface area (Å²) in [6.45, 7) is 13.3. The van der Waals surface area contributed by atoms with Crippen LogP contribution in [0.4, 0.5) is 0 Å². The van der Waals surface area contributed by atoms with Gasteiger partial charge in [0.1, 0.15) is 0 Å². The number of ether oxygens (including phenoxy) is 1. The van der Waals surface area contributed by atoms with Crippen molar-refractivity contribution in [2.24, 2.45) is 57.7 Å². The van der Waals surface area contributed by atoms with Gasteiger partial charge in [0.05, 0.1) is 6.61 Å². The van der Waals surface area contributed by atoms with Crippen LogP contribution in [0.1, 0.15) is 98.8 Å². The Morgan fingerprint density at radius 1 is 0.966 bits per heavy atom. The molecule has 0 bridgehead atoms. The topological polar surface area (TPSA) is 29.5 Å². The van der Waals surface area contributed by atoms with Gasteiger partial charge in [-0.3, -0.25) is 0 Å². The number of fused-ring (bicyclic) bond motifs is 4. The summed E-state index contributed by atoms with van der Waals surface area (Å²) >= 11 is 0. The highest BCUT2D eigenvalue weighted by Crippen LogP contribution is 2.78. The van der Waals surface area contributed by atoms with E-state index in [4.69, 9.17) is 4.74 Å². The monoisotopic (exact) mass is 402 g/mol. The molecule has 10 atom stereocenters. The smallest absolute Gasteiger partial charge is 0.161 e. The molecular weight excluding hydrogens is 356 g/mol. The third kappa shape index (κ3) is 2.66. The first-order valence-electron chi connectivity index (χ1n) is 13.0. The van der Waals surface area contributed by atoms with Gasteiger partial charge in [-0.2, -0.15) is 0 Å². The number of hydrogen-bond acceptors (Lipinski definition) is 2. The van der Waals surface area contributed by atoms with E-state index in [1.165, 1.54) is 64.2 Å². The van der Waals surface area contributed by atoms with Crippen LogP contribution in [-0.2, 0) is 4.74 Å². The molecular formula is C27H46O2. The van der Waals surface area contributed by atoms with Gasteiger partial charge in [0.15, 0.2) is 6.29 Å². The molecule has 4 aliphatic carbocycles. The van der Waals surface area contributed by atoms with Crippen LogP contribution < -0.4 is 0 Å². The minimum Gasteiger partial charge on any atom is -0.367 e. The summed E-state index contributed by atoms with van der Waals surface area (Å²) in [5.41, 5.74) is 0.944. The molecule has 0 aromatic rings. The third-order valence-electron chi connectivity index (χ3n) is 11.7. The van der Waals surface area contributed by atoms with Crippen molar-refractivity contribution >= 4 is 0 Å². The van der Waals surface area contributed by atoms with Crippen molar-refractivity contribution in [3.63, 3.8) is 0 Å². The molecule has 2 heteroatoms. The van der Waals surface area contributed by atoms with Crippen LogP contribution in [-0.4, -0.2) is 18.0 Å². The van der Waals surface area contributed by atoms with Crippen molar-refractivity contribution in [1.29, 1.82) is 0 Å². The molecule has 166 valence electrons. The van der Waals surface area contributed by atoms with E-state index >= 15 is 0 Å². The van der Waals surface area contributed by atoms with Gasteiger partial charge in [0, 0.05) is 5.41 Å². The van der Waals surface area contributed by atoms with Crippen LogP contribution in [0.2, 0.25) is 0 Å². The van der Waals surface area contributed by atoms with Gasteiger partial charge in [-0.25, -0.2) is 0 Å². The Kier molecular flexibility index (Phi) is 4.99. The van der Waals surface area contributed by atoms with Crippen molar-refractivity contribution in [1.82, 2.24) is 0 Å². The first kappa shape index (κ1) is 20.8. The average Bonchev–Trinajstić information content (AvgIpc) is 3.32. The molecule has 5 aliphatic rings. The SMILES string of the molecule is CC(C)CCC[C@@H](C)[C@H]1CC[C@H]2[C@@H]3C[C@]45C(O)OC[C@H]4CC[C@]5(C)[C@H]3CC[C@]12C. The molecule has 29 heavy (non-hydrogen) atoms. The van der Waals surface area contributed by atoms with Gasteiger partial charge in [0.2, 0.25) is 0 Å². The maximum atomic E-state index is 11.0. The molecule has 1 spiro atoms. The van der Waals surface area contributed by atoms with Gasteiger partial charge in [-0.05, 0) is 97.2 Å². The Balaban J connectivity index is 1.36. The van der Waals surface area contributed by atoms with E-state index in [0.717, 1.165) is 42.1 Å². The lowest BCUT2D eigenvalue weighted by Gasteiger charge is -2.51. The van der Waals surface area contributed by atoms with Crippen LogP contribution in [0.3, 0.4) is 0 Å². The molecule has 0 aromatic carbocycles. The molecule has 0 amide bonds. The molecule has 0 radical (unpaired) electrons. The van der Waals surface area contributed by atoms with E-state index in [0.29, 0.717) is 16.7 Å². The van der Waals surface area contributed by atoms with Crippen molar-refractivity contribution < 1.29 is 9.84 Å². The highest BCUT2D eigenvalue weighted by molar-refractivity contribution is 5.21. The van der Waals surface area contributed by atoms with Crippen LogP contribution in [0, 0.1) is 57.7 Å². The lowest BCUT2D eigenvalue weighted by atomic mass is 9.54. The Labute approximate surface area is 179 Å². The standard InChI is InChI=1S/C27H46O2/c1-17(2)7-6-8-18(3)21-9-10-22-20-15-27-19(16-29-24(27)28)11-14-26(27,5)23(20)12-13-25(21,22)4/h17-24,28H,6-16H2,1-5H3/t18-,19-,20+,21-,22+,23+,24?,25-,26-,27-/m1/s1. The fourth-order valence-electron chi connectivity index (χ4n) is 10.3. The molecule has 5 rings (SSSR count). The average molecular weight is 403 g/mol. The minimum atomic E-state index is -0.496. The minimum absolute atomic E-state index is 0.0779. The van der Waals surface area contributed by atoms with Gasteiger partial charge in [-0.1, -0.05) is 53.9 Å². The molecule has 4 saturated carbocycles. The highest BCUT2D eigenvalue weighted by atomic mass is 16.6. The molecule has 5 fully saturated rings. The van der Waals surface area contributed by atoms with E-state index in [9.17, 15) is 5.11 Å². The van der Waals surface area contributed by atoms with Gasteiger partial charge in [-0.15, -0.1) is 0 Å². The van der Waals surface area contributed by atoms with Crippen molar-refractivity contribution in [3.05, 3.63) is 0 Å². The maximum absolute atomic E-state index is 11.0. The number of aliphatic hydroxyl groups excluding tert-OH is 1. The summed E-state index contributed by atoms with van der Waals surface area (Å²) in [4.78, 5) is 0. The van der Waals surface area contributed by atoms with E-state index in [1.54, 1.807) is 0 Å². The summed E-state index contributed by atoms with van der Waals surface area (Å²) < 4.78 is 5.91. The zero-order valence-electron chi connectivity index (χ0n) is 19.8. The van der Waals surface area contributed by atoms with Gasteiger partial charge >= 0.3 is 0 Å². The van der Waals surface area contributed by atoms with E-state index in [1.807, 2.05) is 0 Å². The second-order valence-electron chi connectivity index (χ2n) is 13.0. The summed E-state index contributed by atoms with van der Waals surface area (Å²) in [6.07, 6.45) is 13.4. The predicted molar refractivity (Wildman–Crippen MR) is 118 cm³/mol. The van der Waals surface area contributed by atoms with Gasteiger partial charge in [0.25, 0.3) is 0 Å². The lowest BCUT2D eigenvalue weighted by Crippen LogP contribution is -2.45. The first-order valence-corrected chi connectivity index (χ1v) is 13.0. The summed E-state index contributed by atoms with van der Waals surface area (Å²) in [7, 11) is 0. The summed E-state index contributed by atoms with van der Waals surface area (Å²) in [6, 6.07) is 0. The number of aliphatic hydroxyl groups is 1. The zero-order valence-corrected chi connectivity index (χ0v) is 19.8. The second-order valence-corrected chi connectivity index (χ2v) is 13.0. The predicted octanol–water partition coefficient (Wildman–Crippen LogP) is 6.66. The molecule has 1 saturated heterocycles. The molecule has 1 N–H and O–H groups in total. The van der Waals surface area contributed by atoms with Crippen LogP contribution >= 0.6 is 0 Å². The van der Waals surface area contributed by atoms with Crippen LogP contribution in [0.5, 0.6) is 0 Å². The Morgan fingerprint density at radius 3 is 2.52 bits per heavy atom. The van der Waals surface area contributed by atoms with E-state index in [2.05, 4.69) is 34.6 Å². The highest BCUT2D eigenvalue weighted by Gasteiger charge is 2.74. The van der Waals surface area contributed by atoms with Gasteiger partial charge < -0.3 is 9.84 Å². The largest absolute Gasteiger partial charge is 0.367 e. The first-order chi connectivity index (χ1) is 13.7. The van der Waals surface area contributed by atoms with Crippen molar-refractivity contribution in [3.8, 4) is 0 Å². The molecule has 1 aliphatic heterocycles. The maximum Gasteiger partial charge on any atom is 0.161 e. The van der Waals surface area contributed by atoms with E-state index < -0.39 is 6.29 Å². The summed E-state index contributed by atoms with van der Waals surface area (Å²) in [5, 5.41) is 11.0. The Bertz CT molecular complexity index is 630. The van der Waals surface area contributed by atoms with Crippen LogP contribution in [0.25, 0.3) is 0 Å². The molecule has 0 aromatic heterocycles. The Hall–Kier alpha value is -0.0800.